The lowest BCUT2D eigenvalue weighted by Crippen LogP contribution is -2.58. The number of halogens is 1. The van der Waals surface area contributed by atoms with Gasteiger partial charge in [0.25, 0.3) is 5.91 Å². The molecule has 3 heterocycles. The highest BCUT2D eigenvalue weighted by Crippen LogP contribution is 2.46. The van der Waals surface area contributed by atoms with E-state index in [1.165, 1.54) is 11.9 Å². The summed E-state index contributed by atoms with van der Waals surface area (Å²) in [5.74, 6) is 0.522. The highest BCUT2D eigenvalue weighted by Gasteiger charge is 2.51. The van der Waals surface area contributed by atoms with E-state index in [4.69, 9.17) is 16.3 Å². The Morgan fingerprint density at radius 3 is 2.51 bits per heavy atom. The molecule has 9 heteroatoms. The monoisotopic (exact) mass is 490 g/mol. The van der Waals surface area contributed by atoms with E-state index in [2.05, 4.69) is 37.6 Å². The van der Waals surface area contributed by atoms with Crippen molar-refractivity contribution < 1.29 is 9.53 Å². The van der Waals surface area contributed by atoms with Crippen molar-refractivity contribution in [3.05, 3.63) is 65.3 Å². The van der Waals surface area contributed by atoms with Crippen LogP contribution in [0.1, 0.15) is 36.0 Å². The number of para-hydroxylation sites is 1. The first-order chi connectivity index (χ1) is 17.1. The third kappa shape index (κ3) is 4.06. The number of carbonyl (C=O) groups is 1. The van der Waals surface area contributed by atoms with Crippen LogP contribution in [0.15, 0.2) is 54.7 Å². The first-order valence-electron chi connectivity index (χ1n) is 12.1. The molecule has 0 radical (unpaired) electrons. The number of nitrogens with zero attached hydrogens (tertiary/aromatic N) is 4. The molecule has 8 nitrogen and oxygen atoms in total. The lowest BCUT2D eigenvalue weighted by molar-refractivity contribution is 0.0433. The predicted molar refractivity (Wildman–Crippen MR) is 137 cm³/mol. The average Bonchev–Trinajstić information content (AvgIpc) is 3.34. The Hall–Kier alpha value is -3.36. The fourth-order valence-electron chi connectivity index (χ4n) is 5.20. The van der Waals surface area contributed by atoms with Gasteiger partial charge in [-0.2, -0.15) is 4.98 Å². The molecule has 1 saturated heterocycles. The molecule has 0 bridgehead atoms. The van der Waals surface area contributed by atoms with Crippen LogP contribution in [0.4, 0.5) is 23.0 Å². The molecular weight excluding hydrogens is 464 g/mol. The van der Waals surface area contributed by atoms with Gasteiger partial charge in [-0.3, -0.25) is 9.69 Å². The van der Waals surface area contributed by atoms with E-state index in [1.807, 2.05) is 30.3 Å². The van der Waals surface area contributed by atoms with Crippen LogP contribution in [-0.4, -0.2) is 47.8 Å². The lowest BCUT2D eigenvalue weighted by atomic mass is 10.0. The standard InChI is InChI=1S/C26H27ClN6O2/c27-21-5-1-2-6-22(21)33-24(34)20-17-29-25(31-23(20)35-26(33)11-3-4-12-26)30-18-7-9-19(10-8-18)32-15-13-28-14-16-32/h1-2,5-10,17,28H,3-4,11-16H2,(H,29,30,31). The Bertz CT molecular complexity index is 1240. The van der Waals surface area contributed by atoms with Crippen LogP contribution in [-0.2, 0) is 0 Å². The van der Waals surface area contributed by atoms with Gasteiger partial charge in [0.15, 0.2) is 5.72 Å². The molecule has 1 aliphatic carbocycles. The Kier molecular flexibility index (Phi) is 5.70. The van der Waals surface area contributed by atoms with Crippen molar-refractivity contribution in [2.75, 3.05) is 41.3 Å². The highest BCUT2D eigenvalue weighted by molar-refractivity contribution is 6.34. The number of anilines is 4. The van der Waals surface area contributed by atoms with Crippen molar-refractivity contribution in [3.63, 3.8) is 0 Å². The second-order valence-corrected chi connectivity index (χ2v) is 9.58. The number of fused-ring (bicyclic) bond motifs is 1. The van der Waals surface area contributed by atoms with Crippen molar-refractivity contribution in [2.45, 2.75) is 31.4 Å². The van der Waals surface area contributed by atoms with Gasteiger partial charge in [-0.25, -0.2) is 4.98 Å². The maximum Gasteiger partial charge on any atom is 0.268 e. The molecule has 1 spiro atoms. The number of nitrogens with one attached hydrogen (secondary N) is 2. The van der Waals surface area contributed by atoms with Gasteiger partial charge in [0.2, 0.25) is 11.8 Å². The molecule has 3 aromatic rings. The number of ether oxygens (including phenoxy) is 1. The summed E-state index contributed by atoms with van der Waals surface area (Å²) >= 11 is 6.49. The summed E-state index contributed by atoms with van der Waals surface area (Å²) < 4.78 is 6.49. The van der Waals surface area contributed by atoms with E-state index >= 15 is 0 Å². The zero-order valence-corrected chi connectivity index (χ0v) is 20.1. The Morgan fingerprint density at radius 1 is 1.03 bits per heavy atom. The van der Waals surface area contributed by atoms with Gasteiger partial charge in [-0.1, -0.05) is 23.7 Å². The van der Waals surface area contributed by atoms with Crippen molar-refractivity contribution in [1.82, 2.24) is 15.3 Å². The van der Waals surface area contributed by atoms with Gasteiger partial charge in [0.05, 0.1) is 10.7 Å². The Morgan fingerprint density at radius 2 is 1.77 bits per heavy atom. The van der Waals surface area contributed by atoms with Crippen LogP contribution < -0.4 is 25.2 Å². The zero-order chi connectivity index (χ0) is 23.8. The molecule has 2 N–H and O–H groups in total. The molecule has 2 fully saturated rings. The smallest absolute Gasteiger partial charge is 0.268 e. The SMILES string of the molecule is O=C1c2cnc(Nc3ccc(N4CCNCC4)cc3)nc2OC2(CCCC2)N1c1ccccc1Cl. The van der Waals surface area contributed by atoms with Gasteiger partial charge in [-0.15, -0.1) is 0 Å². The summed E-state index contributed by atoms with van der Waals surface area (Å²) in [5.41, 5.74) is 2.27. The number of carbonyl (C=O) groups excluding carboxylic acids is 1. The third-order valence-corrected chi connectivity index (χ3v) is 7.28. The lowest BCUT2D eigenvalue weighted by Gasteiger charge is -2.44. The summed E-state index contributed by atoms with van der Waals surface area (Å²) in [7, 11) is 0. The molecule has 35 heavy (non-hydrogen) atoms. The number of rotatable bonds is 4. The van der Waals surface area contributed by atoms with Gasteiger partial charge in [-0.05, 0) is 49.2 Å². The second kappa shape index (κ2) is 9.02. The molecule has 1 amide bonds. The van der Waals surface area contributed by atoms with Crippen LogP contribution in [0.2, 0.25) is 5.02 Å². The van der Waals surface area contributed by atoms with E-state index < -0.39 is 5.72 Å². The number of hydrogen-bond acceptors (Lipinski definition) is 7. The van der Waals surface area contributed by atoms with Gasteiger partial charge in [0.1, 0.15) is 5.56 Å². The van der Waals surface area contributed by atoms with E-state index in [9.17, 15) is 4.79 Å². The molecule has 1 saturated carbocycles. The third-order valence-electron chi connectivity index (χ3n) is 6.97. The predicted octanol–water partition coefficient (Wildman–Crippen LogP) is 4.59. The van der Waals surface area contributed by atoms with Gasteiger partial charge >= 0.3 is 0 Å². The van der Waals surface area contributed by atoms with Crippen molar-refractivity contribution >= 4 is 40.5 Å². The van der Waals surface area contributed by atoms with Crippen molar-refractivity contribution in [3.8, 4) is 5.88 Å². The first kappa shape index (κ1) is 22.1. The molecule has 1 aromatic heterocycles. The molecule has 0 unspecified atom stereocenters. The number of hydrogen-bond donors (Lipinski definition) is 2. The molecule has 0 atom stereocenters. The van der Waals surface area contributed by atoms with Crippen LogP contribution >= 0.6 is 11.6 Å². The number of amides is 1. The Labute approximate surface area is 209 Å². The van der Waals surface area contributed by atoms with Gasteiger partial charge in [0, 0.05) is 56.6 Å². The molecule has 2 aliphatic heterocycles. The highest BCUT2D eigenvalue weighted by atomic mass is 35.5. The largest absolute Gasteiger partial charge is 0.450 e. The molecule has 180 valence electrons. The van der Waals surface area contributed by atoms with E-state index in [0.29, 0.717) is 28.1 Å². The summed E-state index contributed by atoms with van der Waals surface area (Å²) in [6.45, 7) is 3.99. The maximum absolute atomic E-state index is 13.7. The van der Waals surface area contributed by atoms with E-state index in [0.717, 1.165) is 57.5 Å². The minimum absolute atomic E-state index is 0.187. The fourth-order valence-corrected chi connectivity index (χ4v) is 5.43. The van der Waals surface area contributed by atoms with Crippen LogP contribution in [0.3, 0.4) is 0 Å². The Balaban J connectivity index is 1.27. The van der Waals surface area contributed by atoms with Crippen LogP contribution in [0, 0.1) is 0 Å². The van der Waals surface area contributed by atoms with Gasteiger partial charge < -0.3 is 20.3 Å². The number of piperazine rings is 1. The second-order valence-electron chi connectivity index (χ2n) is 9.17. The van der Waals surface area contributed by atoms with Crippen molar-refractivity contribution in [1.29, 1.82) is 0 Å². The summed E-state index contributed by atoms with van der Waals surface area (Å²) in [4.78, 5) is 26.7. The summed E-state index contributed by atoms with van der Waals surface area (Å²) in [5, 5.41) is 7.14. The maximum atomic E-state index is 13.7. The van der Waals surface area contributed by atoms with Crippen molar-refractivity contribution in [2.24, 2.45) is 0 Å². The minimum atomic E-state index is -0.786. The van der Waals surface area contributed by atoms with Crippen LogP contribution in [0.25, 0.3) is 0 Å². The summed E-state index contributed by atoms with van der Waals surface area (Å²) in [6.07, 6.45) is 4.93. The minimum Gasteiger partial charge on any atom is -0.450 e. The first-order valence-corrected chi connectivity index (χ1v) is 12.5. The molecule has 6 rings (SSSR count). The quantitative estimate of drug-likeness (QED) is 0.553. The zero-order valence-electron chi connectivity index (χ0n) is 19.3. The molecular formula is C26H27ClN6O2. The summed E-state index contributed by atoms with van der Waals surface area (Å²) in [6, 6.07) is 15.6. The van der Waals surface area contributed by atoms with E-state index in [1.54, 1.807) is 11.0 Å². The topological polar surface area (TPSA) is 82.6 Å². The number of aromatic nitrogens is 2. The van der Waals surface area contributed by atoms with E-state index in [-0.39, 0.29) is 5.91 Å². The molecule has 3 aliphatic rings. The normalized spacial score (nSPS) is 18.9. The average molecular weight is 491 g/mol. The fraction of sp³-hybridized carbons (Fsp3) is 0.346. The molecule has 2 aromatic carbocycles. The van der Waals surface area contributed by atoms with Crippen LogP contribution in [0.5, 0.6) is 5.88 Å². The number of benzene rings is 2.